The largest absolute Gasteiger partial charge is 0.396 e. The van der Waals surface area contributed by atoms with Gasteiger partial charge in [0.1, 0.15) is 5.60 Å². The zero-order valence-electron chi connectivity index (χ0n) is 22.8. The van der Waals surface area contributed by atoms with Crippen molar-refractivity contribution in [2.24, 2.45) is 50.2 Å². The Labute approximate surface area is 207 Å². The molecule has 4 heteroatoms. The summed E-state index contributed by atoms with van der Waals surface area (Å²) in [5, 5.41) is 32.8. The Morgan fingerprint density at radius 1 is 0.735 bits per heavy atom. The molecule has 1 saturated heterocycles. The summed E-state index contributed by atoms with van der Waals surface area (Å²) in [6.45, 7) is 16.9. The standard InChI is InChI=1S/C30H50O4/c1-24(2)15-20-26(4,22(33)16-24)12-13-29(7)28(6)11-8-18-25(3,10-9-21(32)27(18,5)17-31)19(28)14-23-30(20,29)34-23/h18-23,31-33H,8-17H2,1-7H3/t18-,19-,20-,21+,22-,23?,25+,26-,27-,28-,29+,30?/m1/s1. The molecule has 0 radical (unpaired) electrons. The van der Waals surface area contributed by atoms with Crippen LogP contribution in [0.1, 0.15) is 106 Å². The second-order valence-electron chi connectivity index (χ2n) is 15.9. The van der Waals surface area contributed by atoms with Gasteiger partial charge in [0.2, 0.25) is 0 Å². The topological polar surface area (TPSA) is 73.2 Å². The van der Waals surface area contributed by atoms with Crippen LogP contribution in [0.3, 0.4) is 0 Å². The van der Waals surface area contributed by atoms with E-state index in [1.54, 1.807) is 0 Å². The molecule has 6 rings (SSSR count). The van der Waals surface area contributed by atoms with Crippen molar-refractivity contribution in [1.29, 1.82) is 0 Å². The number of aliphatic hydroxyl groups excluding tert-OH is 3. The highest BCUT2D eigenvalue weighted by atomic mass is 16.6. The van der Waals surface area contributed by atoms with Crippen LogP contribution in [0.5, 0.6) is 0 Å². The van der Waals surface area contributed by atoms with Crippen LogP contribution >= 0.6 is 0 Å². The third-order valence-electron chi connectivity index (χ3n) is 14.2. The molecule has 0 amide bonds. The van der Waals surface area contributed by atoms with E-state index in [0.717, 1.165) is 57.8 Å². The monoisotopic (exact) mass is 474 g/mol. The van der Waals surface area contributed by atoms with Crippen LogP contribution in [0, 0.1) is 50.2 Å². The number of hydrogen-bond donors (Lipinski definition) is 3. The van der Waals surface area contributed by atoms with Crippen molar-refractivity contribution in [1.82, 2.24) is 0 Å². The van der Waals surface area contributed by atoms with E-state index in [1.807, 2.05) is 0 Å². The van der Waals surface area contributed by atoms with Gasteiger partial charge in [-0.1, -0.05) is 48.5 Å². The number of fused-ring (bicyclic) bond motifs is 5. The molecule has 6 fully saturated rings. The SMILES string of the molecule is CC1(C)C[C@@H](O)[C@]2(C)CC[C@]3(C)C4(OC4C[C@@H]4[C@@]5(C)CC[C@H](O)[C@](C)(CO)[C@@H]5CC[C@]43C)[C@@H]2C1. The van der Waals surface area contributed by atoms with Crippen molar-refractivity contribution in [2.45, 2.75) is 130 Å². The molecule has 0 aromatic heterocycles. The highest BCUT2D eigenvalue weighted by Crippen LogP contribution is 2.83. The third kappa shape index (κ3) is 2.46. The number of epoxide rings is 1. The second kappa shape index (κ2) is 6.63. The summed E-state index contributed by atoms with van der Waals surface area (Å²) in [7, 11) is 0. The molecular weight excluding hydrogens is 424 g/mol. The minimum absolute atomic E-state index is 0.0432. The Kier molecular flexibility index (Phi) is 4.72. The molecule has 5 aliphatic carbocycles. The summed E-state index contributed by atoms with van der Waals surface area (Å²) < 4.78 is 7.02. The van der Waals surface area contributed by atoms with Gasteiger partial charge in [0.15, 0.2) is 0 Å². The van der Waals surface area contributed by atoms with Crippen LogP contribution in [0.25, 0.3) is 0 Å². The van der Waals surface area contributed by atoms with E-state index in [-0.39, 0.29) is 45.4 Å². The molecule has 0 bridgehead atoms. The number of rotatable bonds is 1. The lowest BCUT2D eigenvalue weighted by atomic mass is 9.31. The van der Waals surface area contributed by atoms with Gasteiger partial charge in [0.05, 0.1) is 24.9 Å². The molecular formula is C30H50O4. The average Bonchev–Trinajstić information content (AvgIpc) is 3.49. The molecule has 3 N–H and O–H groups in total. The van der Waals surface area contributed by atoms with Gasteiger partial charge in [0.25, 0.3) is 0 Å². The smallest absolute Gasteiger partial charge is 0.104 e. The second-order valence-corrected chi connectivity index (χ2v) is 15.9. The summed E-state index contributed by atoms with van der Waals surface area (Å²) >= 11 is 0. The lowest BCUT2D eigenvalue weighted by molar-refractivity contribution is -0.257. The van der Waals surface area contributed by atoms with Gasteiger partial charge in [-0.25, -0.2) is 0 Å². The van der Waals surface area contributed by atoms with Crippen LogP contribution in [0.15, 0.2) is 0 Å². The molecule has 1 aliphatic heterocycles. The highest BCUT2D eigenvalue weighted by Gasteiger charge is 2.84. The van der Waals surface area contributed by atoms with E-state index < -0.39 is 11.5 Å². The maximum atomic E-state index is 11.4. The first-order valence-corrected chi connectivity index (χ1v) is 14.3. The fourth-order valence-corrected chi connectivity index (χ4v) is 11.9. The molecule has 1 spiro atoms. The fourth-order valence-electron chi connectivity index (χ4n) is 11.9. The van der Waals surface area contributed by atoms with Crippen molar-refractivity contribution in [3.05, 3.63) is 0 Å². The van der Waals surface area contributed by atoms with Gasteiger partial charge in [-0.15, -0.1) is 0 Å². The zero-order chi connectivity index (χ0) is 24.7. The number of aliphatic hydroxyl groups is 3. The van der Waals surface area contributed by atoms with E-state index in [4.69, 9.17) is 4.74 Å². The number of hydrogen-bond acceptors (Lipinski definition) is 4. The molecule has 0 aromatic rings. The summed E-state index contributed by atoms with van der Waals surface area (Å²) in [5.74, 6) is 1.32. The van der Waals surface area contributed by atoms with Gasteiger partial charge in [-0.3, -0.25) is 0 Å². The Morgan fingerprint density at radius 2 is 1.44 bits per heavy atom. The number of ether oxygens (including phenoxy) is 1. The van der Waals surface area contributed by atoms with Crippen molar-refractivity contribution >= 4 is 0 Å². The van der Waals surface area contributed by atoms with Gasteiger partial charge in [-0.2, -0.15) is 0 Å². The van der Waals surface area contributed by atoms with Crippen LogP contribution in [0.4, 0.5) is 0 Å². The molecule has 4 nitrogen and oxygen atoms in total. The molecule has 194 valence electrons. The molecule has 6 aliphatic rings. The van der Waals surface area contributed by atoms with Crippen molar-refractivity contribution < 1.29 is 20.1 Å². The molecule has 5 saturated carbocycles. The predicted molar refractivity (Wildman–Crippen MR) is 133 cm³/mol. The van der Waals surface area contributed by atoms with E-state index in [9.17, 15) is 15.3 Å². The van der Waals surface area contributed by atoms with E-state index >= 15 is 0 Å². The quantitative estimate of drug-likeness (QED) is 0.450. The maximum absolute atomic E-state index is 11.4. The van der Waals surface area contributed by atoms with Gasteiger partial charge >= 0.3 is 0 Å². The van der Waals surface area contributed by atoms with Crippen molar-refractivity contribution in [2.75, 3.05) is 6.61 Å². The zero-order valence-corrected chi connectivity index (χ0v) is 22.8. The first-order valence-electron chi connectivity index (χ1n) is 14.3. The third-order valence-corrected chi connectivity index (χ3v) is 14.2. The summed E-state index contributed by atoms with van der Waals surface area (Å²) in [4.78, 5) is 0. The summed E-state index contributed by atoms with van der Waals surface area (Å²) in [5.41, 5.74) is 0.00704. The fraction of sp³-hybridized carbons (Fsp3) is 1.00. The Hall–Kier alpha value is -0.160. The van der Waals surface area contributed by atoms with Crippen molar-refractivity contribution in [3.8, 4) is 0 Å². The van der Waals surface area contributed by atoms with Gasteiger partial charge in [0, 0.05) is 10.8 Å². The van der Waals surface area contributed by atoms with Crippen LogP contribution < -0.4 is 0 Å². The minimum atomic E-state index is -0.406. The molecule has 2 unspecified atom stereocenters. The van der Waals surface area contributed by atoms with E-state index in [2.05, 4.69) is 48.5 Å². The molecule has 1 heterocycles. The minimum Gasteiger partial charge on any atom is -0.396 e. The van der Waals surface area contributed by atoms with Gasteiger partial charge < -0.3 is 20.1 Å². The Balaban J connectivity index is 1.43. The molecule has 34 heavy (non-hydrogen) atoms. The lowest BCUT2D eigenvalue weighted by Crippen LogP contribution is -2.72. The first kappa shape index (κ1) is 24.2. The molecule has 12 atom stereocenters. The highest BCUT2D eigenvalue weighted by molar-refractivity contribution is 5.32. The summed E-state index contributed by atoms with van der Waals surface area (Å²) in [6.07, 6.45) is 9.15. The predicted octanol–water partition coefficient (Wildman–Crippen LogP) is 5.32. The molecule has 0 aromatic carbocycles. The average molecular weight is 475 g/mol. The van der Waals surface area contributed by atoms with Crippen LogP contribution in [0.2, 0.25) is 0 Å². The normalized spacial score (nSPS) is 64.1. The van der Waals surface area contributed by atoms with Crippen molar-refractivity contribution in [3.63, 3.8) is 0 Å². The first-order chi connectivity index (χ1) is 15.6. The van der Waals surface area contributed by atoms with E-state index in [0.29, 0.717) is 23.9 Å². The van der Waals surface area contributed by atoms with E-state index in [1.165, 1.54) is 0 Å². The Bertz CT molecular complexity index is 887. The maximum Gasteiger partial charge on any atom is 0.104 e. The van der Waals surface area contributed by atoms with Gasteiger partial charge in [-0.05, 0) is 97.2 Å². The van der Waals surface area contributed by atoms with Crippen LogP contribution in [-0.2, 0) is 4.74 Å². The van der Waals surface area contributed by atoms with Crippen LogP contribution in [-0.4, -0.2) is 45.8 Å². The lowest BCUT2D eigenvalue weighted by Gasteiger charge is -2.72. The Morgan fingerprint density at radius 3 is 2.12 bits per heavy atom. The summed E-state index contributed by atoms with van der Waals surface area (Å²) in [6, 6.07) is 0.